The number of rotatable bonds is 3. The highest BCUT2D eigenvalue weighted by Crippen LogP contribution is 2.27. The number of carbonyl (C=O) groups excluding carboxylic acids is 1. The predicted octanol–water partition coefficient (Wildman–Crippen LogP) is 0.780. The monoisotopic (exact) mass is 199 g/mol. The second-order valence-electron chi connectivity index (χ2n) is 3.58. The third-order valence-corrected chi connectivity index (χ3v) is 2.64. The van der Waals surface area contributed by atoms with Crippen molar-refractivity contribution in [2.75, 3.05) is 6.61 Å². The number of aliphatic imine (C=N–C) groups is 1. The smallest absolute Gasteiger partial charge is 0.309 e. The van der Waals surface area contributed by atoms with Gasteiger partial charge in [0.15, 0.2) is 0 Å². The Morgan fingerprint density at radius 1 is 1.64 bits per heavy atom. The molecule has 1 aliphatic rings. The van der Waals surface area contributed by atoms with Gasteiger partial charge in [0.25, 0.3) is 0 Å². The Hall–Kier alpha value is -0.900. The Morgan fingerprint density at radius 2 is 2.36 bits per heavy atom. The largest absolute Gasteiger partial charge is 0.466 e. The minimum Gasteiger partial charge on any atom is -0.466 e. The van der Waals surface area contributed by atoms with Gasteiger partial charge >= 0.3 is 5.97 Å². The van der Waals surface area contributed by atoms with Crippen LogP contribution in [0.3, 0.4) is 0 Å². The molecule has 0 radical (unpaired) electrons. The standard InChI is InChI=1S/C10H17NO3/c1-3-14-10(13)7-4-5-9(12)8(6-7)11-2/h7-9,12H,2-6H2,1H3/t7-,8+,9+/m0/s1. The van der Waals surface area contributed by atoms with Gasteiger partial charge in [-0.25, -0.2) is 0 Å². The lowest BCUT2D eigenvalue weighted by atomic mass is 9.84. The van der Waals surface area contributed by atoms with E-state index >= 15 is 0 Å². The first-order valence-corrected chi connectivity index (χ1v) is 4.99. The maximum Gasteiger partial charge on any atom is 0.309 e. The molecule has 1 saturated carbocycles. The molecule has 1 fully saturated rings. The molecule has 14 heavy (non-hydrogen) atoms. The number of esters is 1. The summed E-state index contributed by atoms with van der Waals surface area (Å²) >= 11 is 0. The predicted molar refractivity (Wildman–Crippen MR) is 53.3 cm³/mol. The number of hydrogen-bond donors (Lipinski definition) is 1. The molecule has 0 spiro atoms. The first-order chi connectivity index (χ1) is 6.69. The van der Waals surface area contributed by atoms with E-state index in [1.54, 1.807) is 6.92 Å². The summed E-state index contributed by atoms with van der Waals surface area (Å²) < 4.78 is 4.93. The van der Waals surface area contributed by atoms with Crippen molar-refractivity contribution in [3.8, 4) is 0 Å². The third kappa shape index (κ3) is 2.54. The van der Waals surface area contributed by atoms with E-state index in [1.807, 2.05) is 0 Å². The number of nitrogens with zero attached hydrogens (tertiary/aromatic N) is 1. The highest BCUT2D eigenvalue weighted by molar-refractivity contribution is 5.72. The van der Waals surface area contributed by atoms with Crippen molar-refractivity contribution in [2.45, 2.75) is 38.3 Å². The van der Waals surface area contributed by atoms with Crippen LogP contribution >= 0.6 is 0 Å². The topological polar surface area (TPSA) is 58.9 Å². The molecule has 0 aromatic heterocycles. The van der Waals surface area contributed by atoms with E-state index in [9.17, 15) is 9.90 Å². The van der Waals surface area contributed by atoms with E-state index in [0.29, 0.717) is 25.9 Å². The van der Waals surface area contributed by atoms with E-state index in [2.05, 4.69) is 11.7 Å². The van der Waals surface area contributed by atoms with Crippen LogP contribution in [0.4, 0.5) is 0 Å². The summed E-state index contributed by atoms with van der Waals surface area (Å²) in [7, 11) is 0. The Balaban J connectivity index is 2.49. The highest BCUT2D eigenvalue weighted by Gasteiger charge is 2.32. The van der Waals surface area contributed by atoms with Crippen LogP contribution in [0.1, 0.15) is 26.2 Å². The Bertz CT molecular complexity index is 217. The minimum absolute atomic E-state index is 0.117. The summed E-state index contributed by atoms with van der Waals surface area (Å²) in [5.41, 5.74) is 0. The third-order valence-electron chi connectivity index (χ3n) is 2.64. The molecule has 0 bridgehead atoms. The summed E-state index contributed by atoms with van der Waals surface area (Å²) in [5, 5.41) is 9.51. The molecule has 0 aromatic carbocycles. The lowest BCUT2D eigenvalue weighted by molar-refractivity contribution is -0.150. The second-order valence-corrected chi connectivity index (χ2v) is 3.58. The molecule has 0 unspecified atom stereocenters. The van der Waals surface area contributed by atoms with Crippen molar-refractivity contribution in [3.63, 3.8) is 0 Å². The summed E-state index contributed by atoms with van der Waals surface area (Å²) in [4.78, 5) is 15.2. The van der Waals surface area contributed by atoms with Gasteiger partial charge < -0.3 is 9.84 Å². The van der Waals surface area contributed by atoms with Crippen LogP contribution in [-0.4, -0.2) is 36.5 Å². The lowest BCUT2D eigenvalue weighted by Crippen LogP contribution is -2.35. The second kappa shape index (κ2) is 5.10. The number of hydrogen-bond acceptors (Lipinski definition) is 4. The van der Waals surface area contributed by atoms with Crippen LogP contribution in [0.5, 0.6) is 0 Å². The van der Waals surface area contributed by atoms with Crippen LogP contribution in [0, 0.1) is 5.92 Å². The van der Waals surface area contributed by atoms with Crippen LogP contribution in [0.25, 0.3) is 0 Å². The molecule has 0 aromatic rings. The van der Waals surface area contributed by atoms with Crippen LogP contribution in [-0.2, 0) is 9.53 Å². The number of aliphatic hydroxyl groups is 1. The zero-order chi connectivity index (χ0) is 10.6. The summed E-state index contributed by atoms with van der Waals surface area (Å²) in [6.45, 7) is 5.61. The molecule has 1 rings (SSSR count). The summed E-state index contributed by atoms with van der Waals surface area (Å²) in [5.74, 6) is -0.290. The molecule has 0 heterocycles. The van der Waals surface area contributed by atoms with Crippen molar-refractivity contribution >= 4 is 12.7 Å². The molecular formula is C10H17NO3. The fourth-order valence-electron chi connectivity index (χ4n) is 1.80. The van der Waals surface area contributed by atoms with Gasteiger partial charge in [-0.3, -0.25) is 9.79 Å². The lowest BCUT2D eigenvalue weighted by Gasteiger charge is -2.29. The average Bonchev–Trinajstić information content (AvgIpc) is 2.19. The highest BCUT2D eigenvalue weighted by atomic mass is 16.5. The van der Waals surface area contributed by atoms with Crippen molar-refractivity contribution in [1.82, 2.24) is 0 Å². The Morgan fingerprint density at radius 3 is 2.93 bits per heavy atom. The molecule has 0 aliphatic heterocycles. The molecule has 4 heteroatoms. The van der Waals surface area contributed by atoms with Crippen LogP contribution in [0.2, 0.25) is 0 Å². The van der Waals surface area contributed by atoms with E-state index < -0.39 is 6.10 Å². The van der Waals surface area contributed by atoms with Gasteiger partial charge in [-0.2, -0.15) is 0 Å². The zero-order valence-corrected chi connectivity index (χ0v) is 8.48. The fraction of sp³-hybridized carbons (Fsp3) is 0.800. The maximum atomic E-state index is 11.4. The van der Waals surface area contributed by atoms with Gasteiger partial charge in [-0.1, -0.05) is 0 Å². The number of aliphatic hydroxyl groups excluding tert-OH is 1. The normalized spacial score (nSPS) is 32.3. The van der Waals surface area contributed by atoms with Gasteiger partial charge in [-0.15, -0.1) is 0 Å². The molecule has 80 valence electrons. The van der Waals surface area contributed by atoms with Gasteiger partial charge in [-0.05, 0) is 32.9 Å². The number of carbonyl (C=O) groups is 1. The van der Waals surface area contributed by atoms with Gasteiger partial charge in [0.05, 0.1) is 24.7 Å². The van der Waals surface area contributed by atoms with E-state index in [0.717, 1.165) is 0 Å². The van der Waals surface area contributed by atoms with Crippen molar-refractivity contribution in [2.24, 2.45) is 10.9 Å². The fourth-order valence-corrected chi connectivity index (χ4v) is 1.80. The van der Waals surface area contributed by atoms with Crippen molar-refractivity contribution < 1.29 is 14.6 Å². The zero-order valence-electron chi connectivity index (χ0n) is 8.48. The van der Waals surface area contributed by atoms with Crippen molar-refractivity contribution in [1.29, 1.82) is 0 Å². The first-order valence-electron chi connectivity index (χ1n) is 4.99. The van der Waals surface area contributed by atoms with Crippen molar-refractivity contribution in [3.05, 3.63) is 0 Å². The average molecular weight is 199 g/mol. The molecule has 0 amide bonds. The molecular weight excluding hydrogens is 182 g/mol. The molecule has 3 atom stereocenters. The summed E-state index contributed by atoms with van der Waals surface area (Å²) in [6.07, 6.45) is 1.40. The Kier molecular flexibility index (Phi) is 4.07. The minimum atomic E-state index is -0.446. The van der Waals surface area contributed by atoms with E-state index in [1.165, 1.54) is 0 Å². The first kappa shape index (κ1) is 11.2. The molecule has 0 saturated heterocycles. The maximum absolute atomic E-state index is 11.4. The van der Waals surface area contributed by atoms with E-state index in [4.69, 9.17) is 4.74 Å². The number of ether oxygens (including phenoxy) is 1. The molecule has 1 aliphatic carbocycles. The van der Waals surface area contributed by atoms with Crippen LogP contribution in [0.15, 0.2) is 4.99 Å². The van der Waals surface area contributed by atoms with Gasteiger partial charge in [0, 0.05) is 0 Å². The summed E-state index contributed by atoms with van der Waals surface area (Å²) in [6, 6.07) is -0.210. The molecule has 1 N–H and O–H groups in total. The molecule has 4 nitrogen and oxygen atoms in total. The van der Waals surface area contributed by atoms with E-state index in [-0.39, 0.29) is 17.9 Å². The SMILES string of the molecule is C=N[C@@H]1C[C@@H](C(=O)OCC)CC[C@H]1O. The van der Waals surface area contributed by atoms with Gasteiger partial charge in [0.1, 0.15) is 0 Å². The van der Waals surface area contributed by atoms with Gasteiger partial charge in [0.2, 0.25) is 0 Å². The quantitative estimate of drug-likeness (QED) is 0.539. The Labute approximate surface area is 84.0 Å². The van der Waals surface area contributed by atoms with Crippen LogP contribution < -0.4 is 0 Å².